The molecule has 0 radical (unpaired) electrons. The van der Waals surface area contributed by atoms with Crippen LogP contribution in [-0.2, 0) is 14.3 Å². The quantitative estimate of drug-likeness (QED) is 0.439. The molecule has 2 N–H and O–H groups in total. The van der Waals surface area contributed by atoms with E-state index in [4.69, 9.17) is 32.7 Å². The van der Waals surface area contributed by atoms with Gasteiger partial charge in [-0.05, 0) is 30.3 Å². The van der Waals surface area contributed by atoms with Gasteiger partial charge in [-0.2, -0.15) is 0 Å². The van der Waals surface area contributed by atoms with Gasteiger partial charge in [0.15, 0.2) is 0 Å². The Kier molecular flexibility index (Phi) is 9.27. The van der Waals surface area contributed by atoms with Crippen molar-refractivity contribution in [1.82, 2.24) is 10.6 Å². The summed E-state index contributed by atoms with van der Waals surface area (Å²) in [4.78, 5) is 35.4. The van der Waals surface area contributed by atoms with Crippen molar-refractivity contribution in [3.05, 3.63) is 64.1 Å². The monoisotopic (exact) mass is 438 g/mol. The van der Waals surface area contributed by atoms with Crippen LogP contribution >= 0.6 is 23.2 Å². The first-order valence-corrected chi connectivity index (χ1v) is 9.54. The van der Waals surface area contributed by atoms with E-state index in [2.05, 4.69) is 10.6 Å². The molecule has 0 saturated heterocycles. The van der Waals surface area contributed by atoms with Gasteiger partial charge in [0, 0.05) is 11.4 Å². The standard InChI is InChI=1S/C20H20Cl2N2O5/c21-14-7-8-16(17(22)11-14)20(27)24-12-18(25)23-13-19(26)29-10-4-9-28-15-5-2-1-3-6-15/h1-3,5-8,11H,4,9-10,12-13H2,(H,23,25)(H,24,27). The van der Waals surface area contributed by atoms with Crippen LogP contribution in [0.2, 0.25) is 10.0 Å². The molecule has 2 amide bonds. The molecule has 0 aliphatic rings. The molecule has 154 valence electrons. The molecule has 7 nitrogen and oxygen atoms in total. The van der Waals surface area contributed by atoms with E-state index in [0.29, 0.717) is 18.1 Å². The second-order valence-electron chi connectivity index (χ2n) is 5.82. The van der Waals surface area contributed by atoms with Gasteiger partial charge in [-0.15, -0.1) is 0 Å². The Morgan fingerprint density at radius 3 is 2.38 bits per heavy atom. The van der Waals surface area contributed by atoms with Crippen molar-refractivity contribution in [2.24, 2.45) is 0 Å². The number of carbonyl (C=O) groups excluding carboxylic acids is 3. The Morgan fingerprint density at radius 1 is 0.897 bits per heavy atom. The number of rotatable bonds is 10. The minimum atomic E-state index is -0.579. The van der Waals surface area contributed by atoms with E-state index < -0.39 is 17.8 Å². The Balaban J connectivity index is 1.57. The number of ether oxygens (including phenoxy) is 2. The van der Waals surface area contributed by atoms with Crippen molar-refractivity contribution in [2.45, 2.75) is 6.42 Å². The molecule has 0 aromatic heterocycles. The van der Waals surface area contributed by atoms with Crippen LogP contribution in [0.5, 0.6) is 5.75 Å². The first kappa shape index (κ1) is 22.5. The smallest absolute Gasteiger partial charge is 0.325 e. The van der Waals surface area contributed by atoms with Crippen LogP contribution < -0.4 is 15.4 Å². The van der Waals surface area contributed by atoms with Gasteiger partial charge in [0.25, 0.3) is 5.91 Å². The Bertz CT molecular complexity index is 846. The van der Waals surface area contributed by atoms with E-state index >= 15 is 0 Å². The van der Waals surface area contributed by atoms with Gasteiger partial charge < -0.3 is 20.1 Å². The average molecular weight is 439 g/mol. The molecule has 2 rings (SSSR count). The highest BCUT2D eigenvalue weighted by Crippen LogP contribution is 2.20. The SMILES string of the molecule is O=C(CNC(=O)c1ccc(Cl)cc1Cl)NCC(=O)OCCCOc1ccccc1. The second-order valence-corrected chi connectivity index (χ2v) is 6.66. The molecule has 0 bridgehead atoms. The molecule has 0 spiro atoms. The lowest BCUT2D eigenvalue weighted by atomic mass is 10.2. The highest BCUT2D eigenvalue weighted by molar-refractivity contribution is 6.36. The fourth-order valence-corrected chi connectivity index (χ4v) is 2.66. The molecule has 0 saturated carbocycles. The number of amides is 2. The number of esters is 1. The zero-order chi connectivity index (χ0) is 21.1. The summed E-state index contributed by atoms with van der Waals surface area (Å²) in [7, 11) is 0. The van der Waals surface area contributed by atoms with Gasteiger partial charge in [-0.3, -0.25) is 14.4 Å². The molecule has 0 atom stereocenters. The summed E-state index contributed by atoms with van der Waals surface area (Å²) in [5, 5.41) is 5.35. The molecule has 2 aromatic carbocycles. The first-order valence-electron chi connectivity index (χ1n) is 8.79. The fourth-order valence-electron chi connectivity index (χ4n) is 2.17. The number of para-hydroxylation sites is 1. The average Bonchev–Trinajstić information content (AvgIpc) is 2.71. The summed E-state index contributed by atoms with van der Waals surface area (Å²) in [5.41, 5.74) is 0.195. The van der Waals surface area contributed by atoms with Crippen molar-refractivity contribution < 1.29 is 23.9 Å². The van der Waals surface area contributed by atoms with Crippen LogP contribution in [0.4, 0.5) is 0 Å². The Labute approximate surface area is 178 Å². The highest BCUT2D eigenvalue weighted by atomic mass is 35.5. The molecule has 0 unspecified atom stereocenters. The van der Waals surface area contributed by atoms with Gasteiger partial charge in [-0.25, -0.2) is 0 Å². The van der Waals surface area contributed by atoms with Crippen LogP contribution in [0, 0.1) is 0 Å². The maximum atomic E-state index is 12.0. The molecule has 0 heterocycles. The number of nitrogens with one attached hydrogen (secondary N) is 2. The van der Waals surface area contributed by atoms with Crippen LogP contribution in [0.25, 0.3) is 0 Å². The predicted molar refractivity (Wildman–Crippen MR) is 109 cm³/mol. The number of carbonyl (C=O) groups is 3. The zero-order valence-corrected chi connectivity index (χ0v) is 17.0. The zero-order valence-electron chi connectivity index (χ0n) is 15.5. The van der Waals surface area contributed by atoms with E-state index in [9.17, 15) is 14.4 Å². The maximum Gasteiger partial charge on any atom is 0.325 e. The lowest BCUT2D eigenvalue weighted by Crippen LogP contribution is -2.39. The molecule has 0 aliphatic carbocycles. The number of benzene rings is 2. The summed E-state index contributed by atoms with van der Waals surface area (Å²) in [5.74, 6) is -0.895. The largest absolute Gasteiger partial charge is 0.493 e. The molecule has 29 heavy (non-hydrogen) atoms. The van der Waals surface area contributed by atoms with Crippen molar-refractivity contribution in [1.29, 1.82) is 0 Å². The topological polar surface area (TPSA) is 93.7 Å². The second kappa shape index (κ2) is 11.9. The van der Waals surface area contributed by atoms with E-state index in [0.717, 1.165) is 5.75 Å². The summed E-state index contributed by atoms with van der Waals surface area (Å²) in [6.45, 7) is -0.0256. The van der Waals surface area contributed by atoms with Gasteiger partial charge in [-0.1, -0.05) is 41.4 Å². The molecule has 0 aliphatic heterocycles. The fraction of sp³-hybridized carbons (Fsp3) is 0.250. The van der Waals surface area contributed by atoms with E-state index in [-0.39, 0.29) is 30.3 Å². The van der Waals surface area contributed by atoms with Gasteiger partial charge in [0.05, 0.1) is 30.3 Å². The lowest BCUT2D eigenvalue weighted by Gasteiger charge is -2.09. The number of hydrogen-bond donors (Lipinski definition) is 2. The van der Waals surface area contributed by atoms with Crippen molar-refractivity contribution in [3.63, 3.8) is 0 Å². The Hall–Kier alpha value is -2.77. The number of halogens is 2. The Morgan fingerprint density at radius 2 is 1.66 bits per heavy atom. The summed E-state index contributed by atoms with van der Waals surface area (Å²) >= 11 is 11.7. The minimum Gasteiger partial charge on any atom is -0.493 e. The number of hydrogen-bond acceptors (Lipinski definition) is 5. The van der Waals surface area contributed by atoms with Gasteiger partial charge in [0.1, 0.15) is 12.3 Å². The molecular formula is C20H20Cl2N2O5. The molecule has 9 heteroatoms. The molecule has 0 fully saturated rings. The highest BCUT2D eigenvalue weighted by Gasteiger charge is 2.13. The van der Waals surface area contributed by atoms with Crippen molar-refractivity contribution >= 4 is 41.0 Å². The van der Waals surface area contributed by atoms with Crippen LogP contribution in [0.3, 0.4) is 0 Å². The van der Waals surface area contributed by atoms with E-state index in [1.165, 1.54) is 18.2 Å². The normalized spacial score (nSPS) is 10.1. The summed E-state index contributed by atoms with van der Waals surface area (Å²) in [6, 6.07) is 13.7. The molecular weight excluding hydrogens is 419 g/mol. The van der Waals surface area contributed by atoms with Crippen molar-refractivity contribution in [3.8, 4) is 5.75 Å². The summed E-state index contributed by atoms with van der Waals surface area (Å²) in [6.07, 6.45) is 0.520. The van der Waals surface area contributed by atoms with Crippen LogP contribution in [-0.4, -0.2) is 44.1 Å². The third-order valence-electron chi connectivity index (χ3n) is 3.58. The van der Waals surface area contributed by atoms with Crippen LogP contribution in [0.15, 0.2) is 48.5 Å². The molecule has 2 aromatic rings. The van der Waals surface area contributed by atoms with Gasteiger partial charge >= 0.3 is 5.97 Å². The predicted octanol–water partition coefficient (Wildman–Crippen LogP) is 2.85. The first-order chi connectivity index (χ1) is 14.0. The summed E-state index contributed by atoms with van der Waals surface area (Å²) < 4.78 is 10.5. The van der Waals surface area contributed by atoms with Crippen molar-refractivity contribution in [2.75, 3.05) is 26.3 Å². The maximum absolute atomic E-state index is 12.0. The van der Waals surface area contributed by atoms with E-state index in [1.54, 1.807) is 0 Å². The van der Waals surface area contributed by atoms with E-state index in [1.807, 2.05) is 30.3 Å². The third kappa shape index (κ3) is 8.41. The third-order valence-corrected chi connectivity index (χ3v) is 4.13. The van der Waals surface area contributed by atoms with Crippen LogP contribution in [0.1, 0.15) is 16.8 Å². The minimum absolute atomic E-state index is 0.174. The lowest BCUT2D eigenvalue weighted by molar-refractivity contribution is -0.144. The van der Waals surface area contributed by atoms with Gasteiger partial charge in [0.2, 0.25) is 5.91 Å².